The molecule has 0 unspecified atom stereocenters. The van der Waals surface area contributed by atoms with Crippen molar-refractivity contribution in [3.05, 3.63) is 59.2 Å². The minimum atomic E-state index is 0.0485. The van der Waals surface area contributed by atoms with Crippen molar-refractivity contribution in [1.29, 1.82) is 0 Å². The number of aryl methyl sites for hydroxylation is 1. The first-order valence-electron chi connectivity index (χ1n) is 8.48. The van der Waals surface area contributed by atoms with Crippen LogP contribution < -0.4 is 14.8 Å². The Kier molecular flexibility index (Phi) is 8.25. The van der Waals surface area contributed by atoms with Gasteiger partial charge in [0.2, 0.25) is 0 Å². The Bertz CT molecular complexity index is 628. The third-order valence-electron chi connectivity index (χ3n) is 3.76. The number of ether oxygens (including phenoxy) is 3. The minimum absolute atomic E-state index is 0.0485. The molecule has 0 fully saturated rings. The lowest BCUT2D eigenvalue weighted by Crippen LogP contribution is -2.20. The molecule has 0 spiro atoms. The number of methoxy groups -OCH3 is 1. The molecule has 0 atom stereocenters. The molecule has 5 heteroatoms. The summed E-state index contributed by atoms with van der Waals surface area (Å²) < 4.78 is 16.7. The number of para-hydroxylation sites is 1. The molecule has 0 bridgehead atoms. The van der Waals surface area contributed by atoms with E-state index in [0.717, 1.165) is 22.6 Å². The molecule has 2 N–H and O–H groups in total. The highest BCUT2D eigenvalue weighted by Crippen LogP contribution is 2.31. The summed E-state index contributed by atoms with van der Waals surface area (Å²) in [4.78, 5) is 0. The van der Waals surface area contributed by atoms with Crippen LogP contribution in [0.4, 0.5) is 0 Å². The molecule has 0 amide bonds. The van der Waals surface area contributed by atoms with Gasteiger partial charge in [0, 0.05) is 18.7 Å². The van der Waals surface area contributed by atoms with Crippen LogP contribution >= 0.6 is 0 Å². The SMILES string of the molecule is COc1cccc(CNCCOCCO)c1OCc1ccc(C)cc1. The molecule has 0 heterocycles. The van der Waals surface area contributed by atoms with Gasteiger partial charge in [-0.1, -0.05) is 42.0 Å². The van der Waals surface area contributed by atoms with Crippen LogP contribution in [0, 0.1) is 6.92 Å². The molecule has 0 aliphatic heterocycles. The molecular formula is C20H27NO4. The van der Waals surface area contributed by atoms with Gasteiger partial charge in [0.25, 0.3) is 0 Å². The summed E-state index contributed by atoms with van der Waals surface area (Å²) in [5, 5.41) is 12.0. The van der Waals surface area contributed by atoms with Gasteiger partial charge in [-0.3, -0.25) is 0 Å². The standard InChI is InChI=1S/C20H27NO4/c1-16-6-8-17(9-7-16)15-25-20-18(4-3-5-19(20)23-2)14-21-10-12-24-13-11-22/h3-9,21-22H,10-15H2,1-2H3. The molecule has 2 aromatic rings. The number of hydrogen-bond acceptors (Lipinski definition) is 5. The Morgan fingerprint density at radius 1 is 1.04 bits per heavy atom. The first-order chi connectivity index (χ1) is 12.2. The topological polar surface area (TPSA) is 60.0 Å². The lowest BCUT2D eigenvalue weighted by molar-refractivity contribution is 0.0937. The summed E-state index contributed by atoms with van der Waals surface area (Å²) in [6, 6.07) is 14.2. The highest BCUT2D eigenvalue weighted by atomic mass is 16.5. The van der Waals surface area contributed by atoms with Crippen LogP contribution in [0.5, 0.6) is 11.5 Å². The molecule has 5 nitrogen and oxygen atoms in total. The van der Waals surface area contributed by atoms with Crippen LogP contribution in [0.1, 0.15) is 16.7 Å². The first kappa shape index (κ1) is 19.2. The van der Waals surface area contributed by atoms with E-state index in [-0.39, 0.29) is 6.61 Å². The molecule has 0 aliphatic rings. The smallest absolute Gasteiger partial charge is 0.166 e. The molecular weight excluding hydrogens is 318 g/mol. The number of hydrogen-bond donors (Lipinski definition) is 2. The Morgan fingerprint density at radius 3 is 2.56 bits per heavy atom. The summed E-state index contributed by atoms with van der Waals surface area (Å²) in [7, 11) is 1.65. The van der Waals surface area contributed by atoms with Crippen LogP contribution in [0.3, 0.4) is 0 Å². The predicted octanol–water partition coefficient (Wildman–Crippen LogP) is 2.68. The molecule has 2 aromatic carbocycles. The van der Waals surface area contributed by atoms with Crippen LogP contribution in [0.2, 0.25) is 0 Å². The van der Waals surface area contributed by atoms with E-state index in [1.165, 1.54) is 5.56 Å². The molecule has 0 saturated carbocycles. The Labute approximate surface area is 149 Å². The van der Waals surface area contributed by atoms with Gasteiger partial charge < -0.3 is 24.6 Å². The zero-order valence-electron chi connectivity index (χ0n) is 15.0. The minimum Gasteiger partial charge on any atom is -0.493 e. The predicted molar refractivity (Wildman–Crippen MR) is 98.1 cm³/mol. The van der Waals surface area contributed by atoms with Crippen LogP contribution in [0.15, 0.2) is 42.5 Å². The number of rotatable bonds is 11. The van der Waals surface area contributed by atoms with Gasteiger partial charge in [-0.05, 0) is 18.6 Å². The number of aliphatic hydroxyl groups excluding tert-OH is 1. The van der Waals surface area contributed by atoms with Crippen molar-refractivity contribution in [2.75, 3.05) is 33.5 Å². The fraction of sp³-hybridized carbons (Fsp3) is 0.400. The van der Waals surface area contributed by atoms with Crippen LogP contribution in [-0.4, -0.2) is 38.6 Å². The Morgan fingerprint density at radius 2 is 1.84 bits per heavy atom. The lowest BCUT2D eigenvalue weighted by atomic mass is 10.1. The lowest BCUT2D eigenvalue weighted by Gasteiger charge is -2.16. The van der Waals surface area contributed by atoms with Gasteiger partial charge in [0.05, 0.1) is 26.9 Å². The molecule has 0 radical (unpaired) electrons. The summed E-state index contributed by atoms with van der Waals surface area (Å²) in [6.45, 7) is 4.90. The highest BCUT2D eigenvalue weighted by Gasteiger charge is 2.10. The summed E-state index contributed by atoms with van der Waals surface area (Å²) in [6.07, 6.45) is 0. The van der Waals surface area contributed by atoms with Gasteiger partial charge in [-0.15, -0.1) is 0 Å². The highest BCUT2D eigenvalue weighted by molar-refractivity contribution is 5.46. The van der Waals surface area contributed by atoms with E-state index < -0.39 is 0 Å². The second-order valence-corrected chi connectivity index (χ2v) is 5.74. The maximum Gasteiger partial charge on any atom is 0.166 e. The number of aliphatic hydroxyl groups is 1. The molecule has 0 aliphatic carbocycles. The van der Waals surface area contributed by atoms with E-state index in [0.29, 0.717) is 32.9 Å². The van der Waals surface area contributed by atoms with Gasteiger partial charge in [-0.2, -0.15) is 0 Å². The van der Waals surface area contributed by atoms with E-state index in [1.54, 1.807) is 7.11 Å². The first-order valence-corrected chi connectivity index (χ1v) is 8.48. The van der Waals surface area contributed by atoms with Gasteiger partial charge in [0.1, 0.15) is 6.61 Å². The largest absolute Gasteiger partial charge is 0.493 e. The number of nitrogens with one attached hydrogen (secondary N) is 1. The van der Waals surface area contributed by atoms with Crippen molar-refractivity contribution in [1.82, 2.24) is 5.32 Å². The molecule has 2 rings (SSSR count). The molecule has 0 saturated heterocycles. The monoisotopic (exact) mass is 345 g/mol. The zero-order chi connectivity index (χ0) is 17.9. The van der Waals surface area contributed by atoms with Crippen molar-refractivity contribution < 1.29 is 19.3 Å². The van der Waals surface area contributed by atoms with E-state index in [2.05, 4.69) is 36.5 Å². The summed E-state index contributed by atoms with van der Waals surface area (Å²) in [5.41, 5.74) is 3.38. The van der Waals surface area contributed by atoms with E-state index in [9.17, 15) is 0 Å². The molecule has 25 heavy (non-hydrogen) atoms. The van der Waals surface area contributed by atoms with Crippen molar-refractivity contribution in [2.45, 2.75) is 20.1 Å². The van der Waals surface area contributed by atoms with Gasteiger partial charge in [0.15, 0.2) is 11.5 Å². The Hall–Kier alpha value is -2.08. The third-order valence-corrected chi connectivity index (χ3v) is 3.76. The van der Waals surface area contributed by atoms with Gasteiger partial charge in [-0.25, -0.2) is 0 Å². The van der Waals surface area contributed by atoms with Crippen molar-refractivity contribution >= 4 is 0 Å². The molecule has 136 valence electrons. The average Bonchev–Trinajstić information content (AvgIpc) is 2.64. The van der Waals surface area contributed by atoms with Gasteiger partial charge >= 0.3 is 0 Å². The quantitative estimate of drug-likeness (QED) is 0.613. The van der Waals surface area contributed by atoms with Crippen LogP contribution in [0.25, 0.3) is 0 Å². The second kappa shape index (κ2) is 10.7. The van der Waals surface area contributed by atoms with Crippen molar-refractivity contribution in [3.8, 4) is 11.5 Å². The molecule has 0 aromatic heterocycles. The van der Waals surface area contributed by atoms with Crippen molar-refractivity contribution in [3.63, 3.8) is 0 Å². The third kappa shape index (κ3) is 6.38. The van der Waals surface area contributed by atoms with E-state index in [1.807, 2.05) is 18.2 Å². The maximum atomic E-state index is 8.69. The number of benzene rings is 2. The maximum absolute atomic E-state index is 8.69. The van der Waals surface area contributed by atoms with E-state index >= 15 is 0 Å². The normalized spacial score (nSPS) is 10.7. The van der Waals surface area contributed by atoms with E-state index in [4.69, 9.17) is 19.3 Å². The second-order valence-electron chi connectivity index (χ2n) is 5.74. The fourth-order valence-corrected chi connectivity index (χ4v) is 2.40. The summed E-state index contributed by atoms with van der Waals surface area (Å²) in [5.74, 6) is 1.48. The fourth-order valence-electron chi connectivity index (χ4n) is 2.40. The van der Waals surface area contributed by atoms with Crippen LogP contribution in [-0.2, 0) is 17.9 Å². The average molecular weight is 345 g/mol. The van der Waals surface area contributed by atoms with Crippen molar-refractivity contribution in [2.24, 2.45) is 0 Å². The Balaban J connectivity index is 1.96. The zero-order valence-corrected chi connectivity index (χ0v) is 15.0. The summed E-state index contributed by atoms with van der Waals surface area (Å²) >= 11 is 0.